The second-order valence-electron chi connectivity index (χ2n) is 6.42. The molecule has 1 aliphatic heterocycles. The van der Waals surface area contributed by atoms with Crippen LogP contribution in [0.1, 0.15) is 23.4 Å². The molecule has 31 heavy (non-hydrogen) atoms. The first-order valence-corrected chi connectivity index (χ1v) is 9.72. The van der Waals surface area contributed by atoms with Gasteiger partial charge in [-0.15, -0.1) is 23.4 Å². The first kappa shape index (κ1) is 22.2. The average molecular weight is 451 g/mol. The Balaban J connectivity index is 2.09. The molecule has 1 aliphatic rings. The Morgan fingerprint density at radius 1 is 1.19 bits per heavy atom. The number of benzene rings is 1. The van der Waals surface area contributed by atoms with Crippen molar-refractivity contribution in [2.45, 2.75) is 19.2 Å². The molecule has 0 unspecified atom stereocenters. The summed E-state index contributed by atoms with van der Waals surface area (Å²) in [6.45, 7) is 0.733. The molecular weight excluding hydrogens is 437 g/mol. The van der Waals surface area contributed by atoms with Gasteiger partial charge in [0.05, 0.1) is 5.69 Å². The predicted molar refractivity (Wildman–Crippen MR) is 102 cm³/mol. The van der Waals surface area contributed by atoms with Crippen molar-refractivity contribution in [3.63, 3.8) is 0 Å². The highest BCUT2D eigenvalue weighted by Crippen LogP contribution is 2.39. The molecule has 0 saturated heterocycles. The van der Waals surface area contributed by atoms with Gasteiger partial charge in [-0.05, 0) is 30.5 Å². The van der Waals surface area contributed by atoms with Crippen LogP contribution in [0.2, 0.25) is 0 Å². The molecule has 0 fully saturated rings. The van der Waals surface area contributed by atoms with E-state index in [9.17, 15) is 17.4 Å². The molecule has 0 bridgehead atoms. The van der Waals surface area contributed by atoms with E-state index in [2.05, 4.69) is 23.8 Å². The molecule has 0 atom stereocenters. The molecule has 162 valence electrons. The molecule has 0 N–H and O–H groups in total. The normalized spacial score (nSPS) is 15.0. The van der Waals surface area contributed by atoms with Crippen LogP contribution in [0.15, 0.2) is 26.7 Å². The number of imidazole rings is 1. The molecule has 0 radical (unpaired) electrons. The summed E-state index contributed by atoms with van der Waals surface area (Å²) < 4.78 is 57.0. The van der Waals surface area contributed by atoms with E-state index < -0.39 is 17.2 Å². The summed E-state index contributed by atoms with van der Waals surface area (Å²) >= 11 is 0. The number of fused-ring (bicyclic) bond motifs is 1. The van der Waals surface area contributed by atoms with Gasteiger partial charge >= 0.3 is 6.36 Å². The maximum Gasteiger partial charge on any atom is 0.506 e. The van der Waals surface area contributed by atoms with Crippen molar-refractivity contribution in [1.29, 1.82) is 10.5 Å². The average Bonchev–Trinajstić information content (AvgIpc) is 3.00. The summed E-state index contributed by atoms with van der Waals surface area (Å²) in [4.78, 5) is 5.79. The molecule has 1 aromatic carbocycles. The third-order valence-corrected chi connectivity index (χ3v) is 5.07. The molecule has 3 rings (SSSR count). The molecule has 0 amide bonds. The summed E-state index contributed by atoms with van der Waals surface area (Å²) in [5, 5.41) is 26.1. The Morgan fingerprint density at radius 3 is 2.55 bits per heavy atom. The molecule has 10 nitrogen and oxygen atoms in total. The van der Waals surface area contributed by atoms with Crippen molar-refractivity contribution in [1.82, 2.24) is 9.55 Å². The Bertz CT molecular complexity index is 1220. The van der Waals surface area contributed by atoms with Crippen LogP contribution >= 0.6 is 0 Å². The molecule has 2 aromatic rings. The number of aryl methyl sites for hydroxylation is 1. The summed E-state index contributed by atoms with van der Waals surface area (Å²) in [6, 6.07) is 6.63. The number of nitrogens with zero attached hydrogens (tertiary/aromatic N) is 8. The van der Waals surface area contributed by atoms with Crippen LogP contribution in [-0.4, -0.2) is 29.5 Å². The van der Waals surface area contributed by atoms with Crippen molar-refractivity contribution < 1.29 is 21.6 Å². The van der Waals surface area contributed by atoms with E-state index in [4.69, 9.17) is 10.5 Å². The zero-order chi connectivity index (χ0) is 22.8. The van der Waals surface area contributed by atoms with Gasteiger partial charge < -0.3 is 22.2 Å². The first-order chi connectivity index (χ1) is 14.6. The number of alkyl halides is 3. The van der Waals surface area contributed by atoms with E-state index in [0.29, 0.717) is 12.1 Å². The third kappa shape index (κ3) is 4.99. The minimum Gasteiger partial charge on any atom is -0.417 e. The summed E-state index contributed by atoms with van der Waals surface area (Å²) in [5.74, 6) is -0.0680. The topological polar surface area (TPSA) is 132 Å². The summed E-state index contributed by atoms with van der Waals surface area (Å²) in [7, 11) is 0.226. The number of nitriles is 2. The minimum absolute atomic E-state index is 0.0203. The van der Waals surface area contributed by atoms with Gasteiger partial charge in [0.25, 0.3) is 5.95 Å². The van der Waals surface area contributed by atoms with Crippen molar-refractivity contribution in [2.75, 3.05) is 18.5 Å². The summed E-state index contributed by atoms with van der Waals surface area (Å²) in [5.41, 5.74) is 1.31. The lowest BCUT2D eigenvalue weighted by molar-refractivity contribution is -0.269. The smallest absolute Gasteiger partial charge is 0.417 e. The van der Waals surface area contributed by atoms with Gasteiger partial charge in [0.2, 0.25) is 0 Å². The second kappa shape index (κ2) is 8.71. The van der Waals surface area contributed by atoms with Gasteiger partial charge in [-0.25, -0.2) is 0 Å². The van der Waals surface area contributed by atoms with Gasteiger partial charge in [-0.3, -0.25) is 0 Å². The van der Waals surface area contributed by atoms with E-state index in [1.807, 2.05) is 18.0 Å². The van der Waals surface area contributed by atoms with E-state index in [1.54, 1.807) is 12.1 Å². The van der Waals surface area contributed by atoms with Crippen LogP contribution in [0.3, 0.4) is 0 Å². The number of aromatic nitrogens is 2. The zero-order valence-corrected chi connectivity index (χ0v) is 17.0. The van der Waals surface area contributed by atoms with Gasteiger partial charge in [0, 0.05) is 26.3 Å². The van der Waals surface area contributed by atoms with E-state index in [0.717, 1.165) is 18.5 Å². The highest BCUT2D eigenvalue weighted by Gasteiger charge is 2.25. The molecule has 0 aliphatic carbocycles. The standard InChI is InChI=1S/C17H14F3N8O2S/c1-27-5-3-4-10-6-11(12(7-14(10)27)26-31(29)30-17(18,19)20)24-25-16-23-13(8-21)15(9-22)28(16)2/h6-7H,3-5H2,1-2H3/q-1. The van der Waals surface area contributed by atoms with Gasteiger partial charge in [-0.1, -0.05) is 10.9 Å². The van der Waals surface area contributed by atoms with Crippen LogP contribution in [0.4, 0.5) is 36.2 Å². The number of azo groups is 1. The summed E-state index contributed by atoms with van der Waals surface area (Å²) in [6.07, 6.45) is -3.57. The fourth-order valence-electron chi connectivity index (χ4n) is 3.01. The Kier molecular flexibility index (Phi) is 6.24. The predicted octanol–water partition coefficient (Wildman–Crippen LogP) is 4.19. The lowest BCUT2D eigenvalue weighted by Crippen LogP contribution is -2.24. The quantitative estimate of drug-likeness (QED) is 0.506. The van der Waals surface area contributed by atoms with Crippen LogP contribution in [0.5, 0.6) is 0 Å². The van der Waals surface area contributed by atoms with Crippen molar-refractivity contribution >= 4 is 33.9 Å². The van der Waals surface area contributed by atoms with Crippen molar-refractivity contribution in [3.05, 3.63) is 29.1 Å². The highest BCUT2D eigenvalue weighted by molar-refractivity contribution is 7.69. The molecular formula is C17H14F3N8O2S-. The van der Waals surface area contributed by atoms with Crippen LogP contribution in [0, 0.1) is 22.7 Å². The maximum absolute atomic E-state index is 12.4. The number of hydrogen-bond donors (Lipinski definition) is 0. The maximum atomic E-state index is 12.4. The highest BCUT2D eigenvalue weighted by atomic mass is 32.2. The zero-order valence-electron chi connectivity index (χ0n) is 16.2. The molecule has 0 saturated carbocycles. The molecule has 1 aromatic heterocycles. The lowest BCUT2D eigenvalue weighted by Gasteiger charge is -2.28. The fourth-order valence-corrected chi connectivity index (χ4v) is 3.51. The van der Waals surface area contributed by atoms with Crippen molar-refractivity contribution in [2.24, 2.45) is 21.6 Å². The minimum atomic E-state index is -5.13. The molecule has 0 spiro atoms. The Hall–Kier alpha value is -3.49. The van der Waals surface area contributed by atoms with Gasteiger partial charge in [0.15, 0.2) is 11.4 Å². The second-order valence-corrected chi connectivity index (χ2v) is 7.21. The molecule has 2 heterocycles. The van der Waals surface area contributed by atoms with Crippen LogP contribution in [0.25, 0.3) is 0 Å². The lowest BCUT2D eigenvalue weighted by atomic mass is 10.0. The van der Waals surface area contributed by atoms with Gasteiger partial charge in [0.1, 0.15) is 17.8 Å². The van der Waals surface area contributed by atoms with E-state index in [1.165, 1.54) is 17.7 Å². The largest absolute Gasteiger partial charge is 0.506 e. The van der Waals surface area contributed by atoms with Crippen LogP contribution in [-0.2, 0) is 32.7 Å². The van der Waals surface area contributed by atoms with Crippen molar-refractivity contribution in [3.8, 4) is 12.1 Å². The third-order valence-electron chi connectivity index (χ3n) is 4.40. The number of anilines is 1. The number of rotatable bonds is 4. The monoisotopic (exact) mass is 451 g/mol. The fraction of sp³-hybridized carbons (Fsp3) is 0.353. The Morgan fingerprint density at radius 2 is 1.94 bits per heavy atom. The SMILES string of the molecule is CN1CCCc2cc(N=Nc3nc(C#N)c(C#N)n3C)c(N=[S-](=O)OC(F)(F)F)cc21. The first-order valence-electron chi connectivity index (χ1n) is 8.69. The van der Waals surface area contributed by atoms with E-state index in [-0.39, 0.29) is 28.7 Å². The number of halogens is 3. The molecule has 14 heteroatoms. The van der Waals surface area contributed by atoms with E-state index >= 15 is 0 Å². The van der Waals surface area contributed by atoms with Gasteiger partial charge in [-0.2, -0.15) is 15.5 Å². The number of hydrogen-bond acceptors (Lipinski definition) is 10. The van der Waals surface area contributed by atoms with Crippen LogP contribution < -0.4 is 4.90 Å². The Labute approximate surface area is 176 Å².